The fourth-order valence-corrected chi connectivity index (χ4v) is 6.18. The number of carbonyl (C=O) groups excluding carboxylic acids is 2. The van der Waals surface area contributed by atoms with Crippen LogP contribution >= 0.6 is 0 Å². The third-order valence-corrected chi connectivity index (χ3v) is 9.20. The Morgan fingerprint density at radius 2 is 1.62 bits per heavy atom. The van der Waals surface area contributed by atoms with E-state index in [4.69, 9.17) is 14.9 Å². The normalized spacial score (nSPS) is 16.0. The molecule has 1 aliphatic rings. The number of alkyl carbamates (subject to hydrolysis) is 1. The van der Waals surface area contributed by atoms with Crippen LogP contribution in [0.5, 0.6) is 0 Å². The molecule has 2 amide bonds. The highest BCUT2D eigenvalue weighted by molar-refractivity contribution is 5.68. The van der Waals surface area contributed by atoms with Gasteiger partial charge in [-0.05, 0) is 68.1 Å². The standard InChI is InChI=1S/C38H47N5O4/c1-3-38(26-31-19-20-31,40-36(45)46-27-32-17-11-6-12-18-32)23-24-43(28-44)33(22-21-29-13-7-4-8-14-29)34-41-42-35(47-34)37(2,39)25-30-15-9-5-10-16-30/h4-18,28,31,33H,3,19-27,39H2,1-2H3,(H,40,45)/t33-,37+,38?/m0/s1. The van der Waals surface area contributed by atoms with Crippen LogP contribution in [0.3, 0.4) is 0 Å². The van der Waals surface area contributed by atoms with Crippen LogP contribution in [0.2, 0.25) is 0 Å². The Balaban J connectivity index is 1.33. The van der Waals surface area contributed by atoms with E-state index >= 15 is 0 Å². The molecule has 248 valence electrons. The maximum absolute atomic E-state index is 13.1. The van der Waals surface area contributed by atoms with Gasteiger partial charge in [-0.2, -0.15) is 0 Å². The second-order valence-corrected chi connectivity index (χ2v) is 13.1. The first-order chi connectivity index (χ1) is 22.8. The van der Waals surface area contributed by atoms with Crippen LogP contribution in [-0.2, 0) is 34.5 Å². The van der Waals surface area contributed by atoms with Crippen LogP contribution in [0.25, 0.3) is 0 Å². The van der Waals surface area contributed by atoms with E-state index in [1.807, 2.05) is 85.8 Å². The van der Waals surface area contributed by atoms with Crippen molar-refractivity contribution in [2.45, 2.75) is 88.9 Å². The fraction of sp³-hybridized carbons (Fsp3) is 0.421. The van der Waals surface area contributed by atoms with Gasteiger partial charge in [0, 0.05) is 12.1 Å². The lowest BCUT2D eigenvalue weighted by Gasteiger charge is -2.36. The van der Waals surface area contributed by atoms with Gasteiger partial charge in [-0.15, -0.1) is 10.2 Å². The van der Waals surface area contributed by atoms with Crippen LogP contribution in [0.4, 0.5) is 4.79 Å². The average Bonchev–Trinajstić information content (AvgIpc) is 3.76. The van der Waals surface area contributed by atoms with Crippen LogP contribution < -0.4 is 11.1 Å². The van der Waals surface area contributed by atoms with E-state index in [-0.39, 0.29) is 6.61 Å². The largest absolute Gasteiger partial charge is 0.445 e. The first-order valence-electron chi connectivity index (χ1n) is 16.7. The smallest absolute Gasteiger partial charge is 0.407 e. The minimum absolute atomic E-state index is 0.196. The molecule has 3 aromatic carbocycles. The number of benzene rings is 3. The highest BCUT2D eigenvalue weighted by Gasteiger charge is 2.39. The molecule has 9 heteroatoms. The van der Waals surface area contributed by atoms with Crippen molar-refractivity contribution >= 4 is 12.5 Å². The molecular formula is C38H47N5O4. The van der Waals surface area contributed by atoms with Gasteiger partial charge in [-0.25, -0.2) is 4.79 Å². The first kappa shape index (κ1) is 33.9. The molecule has 0 aliphatic heterocycles. The highest BCUT2D eigenvalue weighted by Crippen LogP contribution is 2.40. The zero-order valence-corrected chi connectivity index (χ0v) is 27.5. The molecule has 1 aromatic heterocycles. The molecule has 0 saturated heterocycles. The molecule has 1 fully saturated rings. The van der Waals surface area contributed by atoms with E-state index in [1.165, 1.54) is 0 Å². The predicted molar refractivity (Wildman–Crippen MR) is 181 cm³/mol. The van der Waals surface area contributed by atoms with Gasteiger partial charge >= 0.3 is 6.09 Å². The summed E-state index contributed by atoms with van der Waals surface area (Å²) in [4.78, 5) is 27.6. The number of ether oxygens (including phenoxy) is 1. The summed E-state index contributed by atoms with van der Waals surface area (Å²) in [6, 6.07) is 29.3. The zero-order chi connectivity index (χ0) is 33.1. The van der Waals surface area contributed by atoms with Gasteiger partial charge in [0.05, 0.1) is 5.54 Å². The van der Waals surface area contributed by atoms with Crippen molar-refractivity contribution < 1.29 is 18.7 Å². The highest BCUT2D eigenvalue weighted by atomic mass is 16.5. The van der Waals surface area contributed by atoms with Gasteiger partial charge in [0.15, 0.2) is 0 Å². The molecule has 0 radical (unpaired) electrons. The molecule has 3 N–H and O–H groups in total. The van der Waals surface area contributed by atoms with Crippen LogP contribution in [0.15, 0.2) is 95.4 Å². The summed E-state index contributed by atoms with van der Waals surface area (Å²) in [6.45, 7) is 4.55. The number of rotatable bonds is 18. The van der Waals surface area contributed by atoms with Crippen LogP contribution in [-0.4, -0.2) is 39.7 Å². The van der Waals surface area contributed by atoms with E-state index in [2.05, 4.69) is 34.6 Å². The molecule has 0 bridgehead atoms. The third-order valence-electron chi connectivity index (χ3n) is 9.20. The number of nitrogens with two attached hydrogens (primary N) is 1. The minimum atomic E-state index is -0.895. The van der Waals surface area contributed by atoms with Crippen molar-refractivity contribution in [1.82, 2.24) is 20.4 Å². The quantitative estimate of drug-likeness (QED) is 0.114. The molecule has 4 aromatic rings. The number of hydrogen-bond acceptors (Lipinski definition) is 7. The summed E-state index contributed by atoms with van der Waals surface area (Å²) in [5.74, 6) is 1.23. The maximum Gasteiger partial charge on any atom is 0.407 e. The third kappa shape index (κ3) is 9.75. The maximum atomic E-state index is 13.1. The molecule has 0 spiro atoms. The molecule has 1 aliphatic carbocycles. The Morgan fingerprint density at radius 1 is 1.00 bits per heavy atom. The summed E-state index contributed by atoms with van der Waals surface area (Å²) < 4.78 is 11.9. The lowest BCUT2D eigenvalue weighted by molar-refractivity contribution is -0.121. The Hall–Kier alpha value is -4.50. The SMILES string of the molecule is CCC(CCN(C=O)[C@@H](CCc1ccccc1)c1nnc([C@](C)(N)Cc2ccccc2)o1)(CC1CC1)NC(=O)OCc1ccccc1. The minimum Gasteiger partial charge on any atom is -0.445 e. The number of hydrogen-bond donors (Lipinski definition) is 2. The monoisotopic (exact) mass is 637 g/mol. The van der Waals surface area contributed by atoms with E-state index in [1.54, 1.807) is 4.90 Å². The molecule has 1 saturated carbocycles. The molecule has 5 rings (SSSR count). The lowest BCUT2D eigenvalue weighted by atomic mass is 9.85. The number of aromatic nitrogens is 2. The van der Waals surface area contributed by atoms with Crippen molar-refractivity contribution in [3.8, 4) is 0 Å². The molecule has 9 nitrogen and oxygen atoms in total. The van der Waals surface area contributed by atoms with Crippen LogP contribution in [0, 0.1) is 5.92 Å². The van der Waals surface area contributed by atoms with Crippen LogP contribution in [0.1, 0.15) is 86.9 Å². The molecular weight excluding hydrogens is 590 g/mol. The van der Waals surface area contributed by atoms with Gasteiger partial charge in [-0.3, -0.25) is 4.79 Å². The lowest BCUT2D eigenvalue weighted by Crippen LogP contribution is -2.50. The number of carbonyl (C=O) groups is 2. The van der Waals surface area contributed by atoms with Crippen molar-refractivity contribution in [2.24, 2.45) is 11.7 Å². The van der Waals surface area contributed by atoms with Gasteiger partial charge in [-0.1, -0.05) is 111 Å². The van der Waals surface area contributed by atoms with E-state index in [0.717, 1.165) is 42.4 Å². The molecule has 1 heterocycles. The Morgan fingerprint density at radius 3 is 2.21 bits per heavy atom. The van der Waals surface area contributed by atoms with Gasteiger partial charge in [0.1, 0.15) is 12.6 Å². The fourth-order valence-electron chi connectivity index (χ4n) is 6.18. The van der Waals surface area contributed by atoms with Crippen molar-refractivity contribution in [2.75, 3.05) is 6.54 Å². The summed E-state index contributed by atoms with van der Waals surface area (Å²) in [7, 11) is 0. The second-order valence-electron chi connectivity index (χ2n) is 13.1. The average molecular weight is 638 g/mol. The predicted octanol–water partition coefficient (Wildman–Crippen LogP) is 6.88. The summed E-state index contributed by atoms with van der Waals surface area (Å²) in [5, 5.41) is 12.0. The van der Waals surface area contributed by atoms with Crippen molar-refractivity contribution in [3.63, 3.8) is 0 Å². The molecule has 3 atom stereocenters. The number of nitrogens with one attached hydrogen (secondary N) is 1. The first-order valence-corrected chi connectivity index (χ1v) is 16.7. The Labute approximate surface area is 277 Å². The molecule has 47 heavy (non-hydrogen) atoms. The second kappa shape index (κ2) is 15.9. The van der Waals surface area contributed by atoms with E-state index < -0.39 is 23.2 Å². The Bertz CT molecular complexity index is 1540. The van der Waals surface area contributed by atoms with Gasteiger partial charge < -0.3 is 25.1 Å². The molecule has 1 unspecified atom stereocenters. The number of nitrogens with zero attached hydrogens (tertiary/aromatic N) is 3. The van der Waals surface area contributed by atoms with Gasteiger partial charge in [0.2, 0.25) is 18.2 Å². The number of amides is 2. The van der Waals surface area contributed by atoms with E-state index in [9.17, 15) is 9.59 Å². The zero-order valence-electron chi connectivity index (χ0n) is 27.5. The summed E-state index contributed by atoms with van der Waals surface area (Å²) in [5.41, 5.74) is 8.44. The topological polar surface area (TPSA) is 124 Å². The van der Waals surface area contributed by atoms with Crippen molar-refractivity contribution in [3.05, 3.63) is 119 Å². The van der Waals surface area contributed by atoms with Gasteiger partial charge in [0.25, 0.3) is 0 Å². The Kier molecular flexibility index (Phi) is 11.4. The summed E-state index contributed by atoms with van der Waals surface area (Å²) >= 11 is 0. The van der Waals surface area contributed by atoms with E-state index in [0.29, 0.717) is 56.3 Å². The number of aryl methyl sites for hydroxylation is 1. The summed E-state index contributed by atoms with van der Waals surface area (Å²) in [6.07, 6.45) is 6.62. The van der Waals surface area contributed by atoms with Crippen molar-refractivity contribution in [1.29, 1.82) is 0 Å².